The highest BCUT2D eigenvalue weighted by Gasteiger charge is 2.14. The largest absolute Gasteiger partial charge is 0.398 e. The minimum absolute atomic E-state index is 0.0464. The summed E-state index contributed by atoms with van der Waals surface area (Å²) < 4.78 is 13.4. The smallest absolute Gasteiger partial charge is 0.251 e. The van der Waals surface area contributed by atoms with Gasteiger partial charge >= 0.3 is 0 Å². The van der Waals surface area contributed by atoms with E-state index in [1.54, 1.807) is 6.92 Å². The van der Waals surface area contributed by atoms with E-state index >= 15 is 0 Å². The number of carbonyl (C=O) groups excluding carboxylic acids is 1. The molecule has 1 unspecified atom stereocenters. The Balaban J connectivity index is 2.73. The number of rotatable bonds is 4. The Morgan fingerprint density at radius 3 is 2.61 bits per heavy atom. The molecule has 0 aliphatic rings. The van der Waals surface area contributed by atoms with Gasteiger partial charge in [0.2, 0.25) is 0 Å². The molecule has 0 saturated heterocycles. The van der Waals surface area contributed by atoms with E-state index in [1.807, 2.05) is 13.8 Å². The highest BCUT2D eigenvalue weighted by atomic mass is 19.1. The maximum absolute atomic E-state index is 13.4. The van der Waals surface area contributed by atoms with Gasteiger partial charge in [-0.2, -0.15) is 0 Å². The molecule has 0 fully saturated rings. The van der Waals surface area contributed by atoms with Crippen molar-refractivity contribution in [3.63, 3.8) is 0 Å². The molecule has 100 valence electrons. The maximum Gasteiger partial charge on any atom is 0.251 e. The Morgan fingerprint density at radius 1 is 1.50 bits per heavy atom. The summed E-state index contributed by atoms with van der Waals surface area (Å²) in [4.78, 5) is 11.7. The number of halogens is 1. The first-order valence-corrected chi connectivity index (χ1v) is 5.84. The van der Waals surface area contributed by atoms with Crippen LogP contribution in [0.3, 0.4) is 0 Å². The summed E-state index contributed by atoms with van der Waals surface area (Å²) in [6, 6.07) is 2.57. The number of nitrogens with one attached hydrogen (secondary N) is 1. The van der Waals surface area contributed by atoms with Gasteiger partial charge in [0.1, 0.15) is 5.82 Å². The van der Waals surface area contributed by atoms with Crippen molar-refractivity contribution in [2.75, 3.05) is 12.3 Å². The normalized spacial score (nSPS) is 12.6. The van der Waals surface area contributed by atoms with Crippen LogP contribution in [-0.2, 0) is 0 Å². The van der Waals surface area contributed by atoms with Gasteiger partial charge in [-0.25, -0.2) is 4.39 Å². The van der Waals surface area contributed by atoms with Crippen molar-refractivity contribution in [3.8, 4) is 0 Å². The van der Waals surface area contributed by atoms with Gasteiger partial charge in [-0.05, 0) is 25.0 Å². The monoisotopic (exact) mass is 254 g/mol. The lowest BCUT2D eigenvalue weighted by Crippen LogP contribution is -2.34. The fourth-order valence-electron chi connectivity index (χ4n) is 1.37. The molecule has 0 aromatic heterocycles. The van der Waals surface area contributed by atoms with Crippen molar-refractivity contribution < 1.29 is 14.3 Å². The Kier molecular flexibility index (Phi) is 4.67. The van der Waals surface area contributed by atoms with Crippen molar-refractivity contribution in [2.45, 2.75) is 26.9 Å². The first-order chi connectivity index (χ1) is 8.32. The topological polar surface area (TPSA) is 75.4 Å². The van der Waals surface area contributed by atoms with Crippen LogP contribution in [0.15, 0.2) is 12.1 Å². The molecule has 1 rings (SSSR count). The molecule has 0 spiro atoms. The second kappa shape index (κ2) is 5.82. The lowest BCUT2D eigenvalue weighted by atomic mass is 10.1. The molecule has 5 heteroatoms. The van der Waals surface area contributed by atoms with Gasteiger partial charge in [0.25, 0.3) is 5.91 Å². The fraction of sp³-hybridized carbons (Fsp3) is 0.462. The van der Waals surface area contributed by atoms with Crippen LogP contribution in [0.2, 0.25) is 0 Å². The molecule has 0 heterocycles. The molecule has 1 amide bonds. The van der Waals surface area contributed by atoms with Crippen molar-refractivity contribution >= 4 is 11.6 Å². The van der Waals surface area contributed by atoms with Gasteiger partial charge in [-0.15, -0.1) is 0 Å². The fourth-order valence-corrected chi connectivity index (χ4v) is 1.37. The predicted molar refractivity (Wildman–Crippen MR) is 68.7 cm³/mol. The Labute approximate surface area is 106 Å². The van der Waals surface area contributed by atoms with E-state index in [9.17, 15) is 14.3 Å². The van der Waals surface area contributed by atoms with Crippen molar-refractivity contribution in [1.29, 1.82) is 0 Å². The standard InChI is InChI=1S/C13H19FN2O2/c1-7(2)12(17)6-16-13(18)9-4-10(14)8(3)11(15)5-9/h4-5,7,12,17H,6,15H2,1-3H3,(H,16,18). The number of hydrogen-bond acceptors (Lipinski definition) is 3. The van der Waals surface area contributed by atoms with Crippen LogP contribution in [-0.4, -0.2) is 23.7 Å². The Morgan fingerprint density at radius 2 is 2.11 bits per heavy atom. The van der Waals surface area contributed by atoms with Crippen LogP contribution < -0.4 is 11.1 Å². The predicted octanol–water partition coefficient (Wildman–Crippen LogP) is 1.46. The lowest BCUT2D eigenvalue weighted by molar-refractivity contribution is 0.0871. The second-order valence-electron chi connectivity index (χ2n) is 4.69. The first kappa shape index (κ1) is 14.4. The summed E-state index contributed by atoms with van der Waals surface area (Å²) in [6.07, 6.45) is -0.624. The number of nitrogen functional groups attached to an aromatic ring is 1. The quantitative estimate of drug-likeness (QED) is 0.712. The van der Waals surface area contributed by atoms with E-state index in [4.69, 9.17) is 5.73 Å². The molecule has 1 aromatic carbocycles. The van der Waals surface area contributed by atoms with Crippen molar-refractivity contribution in [2.24, 2.45) is 5.92 Å². The zero-order valence-electron chi connectivity index (χ0n) is 10.8. The molecule has 0 aliphatic carbocycles. The molecule has 0 radical (unpaired) electrons. The van der Waals surface area contributed by atoms with E-state index in [2.05, 4.69) is 5.32 Å². The average molecular weight is 254 g/mol. The Hall–Kier alpha value is -1.62. The number of amides is 1. The maximum atomic E-state index is 13.4. The first-order valence-electron chi connectivity index (χ1n) is 5.84. The van der Waals surface area contributed by atoms with Gasteiger partial charge in [0.15, 0.2) is 0 Å². The van der Waals surface area contributed by atoms with Crippen LogP contribution in [0, 0.1) is 18.7 Å². The summed E-state index contributed by atoms with van der Waals surface area (Å²) >= 11 is 0. The zero-order valence-corrected chi connectivity index (χ0v) is 10.8. The van der Waals surface area contributed by atoms with Gasteiger partial charge in [-0.3, -0.25) is 4.79 Å². The number of anilines is 1. The Bertz CT molecular complexity index is 424. The second-order valence-corrected chi connectivity index (χ2v) is 4.69. The van der Waals surface area contributed by atoms with Gasteiger partial charge in [-0.1, -0.05) is 13.8 Å². The molecular weight excluding hydrogens is 235 g/mol. The number of aliphatic hydroxyl groups excluding tert-OH is 1. The van der Waals surface area contributed by atoms with Gasteiger partial charge < -0.3 is 16.2 Å². The van der Waals surface area contributed by atoms with Crippen LogP contribution in [0.4, 0.5) is 10.1 Å². The van der Waals surface area contributed by atoms with Crippen LogP contribution in [0.25, 0.3) is 0 Å². The summed E-state index contributed by atoms with van der Waals surface area (Å²) in [5, 5.41) is 12.1. The number of nitrogens with two attached hydrogens (primary N) is 1. The number of benzene rings is 1. The minimum Gasteiger partial charge on any atom is -0.398 e. The van der Waals surface area contributed by atoms with Crippen molar-refractivity contribution in [1.82, 2.24) is 5.32 Å². The number of hydrogen-bond donors (Lipinski definition) is 3. The minimum atomic E-state index is -0.624. The van der Waals surface area contributed by atoms with Gasteiger partial charge in [0.05, 0.1) is 6.10 Å². The third-order valence-corrected chi connectivity index (χ3v) is 2.89. The molecule has 4 N–H and O–H groups in total. The highest BCUT2D eigenvalue weighted by Crippen LogP contribution is 2.17. The number of aliphatic hydroxyl groups is 1. The lowest BCUT2D eigenvalue weighted by Gasteiger charge is -2.15. The summed E-state index contributed by atoms with van der Waals surface area (Å²) in [6.45, 7) is 5.38. The summed E-state index contributed by atoms with van der Waals surface area (Å²) in [5.74, 6) is -0.907. The molecule has 0 aliphatic heterocycles. The van der Waals surface area contributed by atoms with Crippen molar-refractivity contribution in [3.05, 3.63) is 29.1 Å². The average Bonchev–Trinajstić information content (AvgIpc) is 2.31. The van der Waals surface area contributed by atoms with Gasteiger partial charge in [0, 0.05) is 23.4 Å². The zero-order chi connectivity index (χ0) is 13.9. The molecular formula is C13H19FN2O2. The molecule has 0 bridgehead atoms. The van der Waals surface area contributed by atoms with E-state index in [0.717, 1.165) is 6.07 Å². The highest BCUT2D eigenvalue weighted by molar-refractivity contribution is 5.95. The molecule has 0 saturated carbocycles. The van der Waals surface area contributed by atoms with E-state index in [0.29, 0.717) is 5.56 Å². The van der Waals surface area contributed by atoms with Crippen LogP contribution in [0.1, 0.15) is 29.8 Å². The summed E-state index contributed by atoms with van der Waals surface area (Å²) in [7, 11) is 0. The number of carbonyl (C=O) groups is 1. The van der Waals surface area contributed by atoms with Crippen LogP contribution in [0.5, 0.6) is 0 Å². The molecule has 4 nitrogen and oxygen atoms in total. The molecule has 1 aromatic rings. The van der Waals surface area contributed by atoms with E-state index in [-0.39, 0.29) is 23.7 Å². The summed E-state index contributed by atoms with van der Waals surface area (Å²) in [5.41, 5.74) is 6.32. The van der Waals surface area contributed by atoms with Crippen LogP contribution >= 0.6 is 0 Å². The molecule has 1 atom stereocenters. The van der Waals surface area contributed by atoms with E-state index < -0.39 is 17.8 Å². The van der Waals surface area contributed by atoms with E-state index in [1.165, 1.54) is 6.07 Å². The molecule has 18 heavy (non-hydrogen) atoms. The third-order valence-electron chi connectivity index (χ3n) is 2.89. The SMILES string of the molecule is Cc1c(N)cc(C(=O)NCC(O)C(C)C)cc1F. The third kappa shape index (κ3) is 3.43.